The molecule has 4 rings (SSSR count). The Bertz CT molecular complexity index is 999. The van der Waals surface area contributed by atoms with Crippen LogP contribution >= 0.6 is 0 Å². The Morgan fingerprint density at radius 1 is 1.00 bits per heavy atom. The lowest BCUT2D eigenvalue weighted by Gasteiger charge is -2.38. The molecule has 0 spiro atoms. The van der Waals surface area contributed by atoms with Crippen molar-refractivity contribution in [1.29, 1.82) is 0 Å². The number of nitrogens with zero attached hydrogens (tertiary/aromatic N) is 1. The number of alkyl carbamates (subject to hydrolysis) is 1. The van der Waals surface area contributed by atoms with Crippen LogP contribution in [-0.4, -0.2) is 53.7 Å². The summed E-state index contributed by atoms with van der Waals surface area (Å²) in [5.74, 6) is -1.27. The van der Waals surface area contributed by atoms with Gasteiger partial charge >= 0.3 is 12.1 Å². The molecule has 0 radical (unpaired) electrons. The van der Waals surface area contributed by atoms with Gasteiger partial charge in [0, 0.05) is 19.5 Å². The van der Waals surface area contributed by atoms with Gasteiger partial charge in [-0.2, -0.15) is 0 Å². The first kappa shape index (κ1) is 22.8. The van der Waals surface area contributed by atoms with E-state index in [9.17, 15) is 14.4 Å². The Balaban J connectivity index is 1.45. The van der Waals surface area contributed by atoms with Crippen LogP contribution in [0.4, 0.5) is 4.79 Å². The number of likely N-dealkylation sites (N-methyl/N-ethyl adjacent to an activating group) is 1. The van der Waals surface area contributed by atoms with Crippen molar-refractivity contribution in [3.8, 4) is 11.1 Å². The molecule has 7 heteroatoms. The average Bonchev–Trinajstić information content (AvgIpc) is 3.15. The maximum Gasteiger partial charge on any atom is 0.408 e. The molecule has 33 heavy (non-hydrogen) atoms. The second-order valence-corrected chi connectivity index (χ2v) is 8.96. The van der Waals surface area contributed by atoms with E-state index in [0.717, 1.165) is 41.5 Å². The average molecular weight is 451 g/mol. The zero-order valence-electron chi connectivity index (χ0n) is 18.9. The lowest BCUT2D eigenvalue weighted by atomic mass is 9.80. The molecule has 2 aromatic carbocycles. The van der Waals surface area contributed by atoms with Crippen molar-refractivity contribution in [2.45, 2.75) is 50.0 Å². The van der Waals surface area contributed by atoms with E-state index < -0.39 is 17.6 Å². The summed E-state index contributed by atoms with van der Waals surface area (Å²) in [7, 11) is 1.58. The van der Waals surface area contributed by atoms with Crippen LogP contribution in [-0.2, 0) is 14.3 Å². The van der Waals surface area contributed by atoms with Gasteiger partial charge in [-0.05, 0) is 35.1 Å². The first-order valence-electron chi connectivity index (χ1n) is 11.5. The van der Waals surface area contributed by atoms with E-state index in [1.54, 1.807) is 7.05 Å². The number of hydrogen-bond acceptors (Lipinski definition) is 4. The predicted octanol–water partition coefficient (Wildman–Crippen LogP) is 4.16. The van der Waals surface area contributed by atoms with Crippen molar-refractivity contribution in [2.24, 2.45) is 0 Å². The molecule has 2 aromatic rings. The molecule has 1 saturated carbocycles. The van der Waals surface area contributed by atoms with Gasteiger partial charge < -0.3 is 20.1 Å². The molecule has 0 unspecified atom stereocenters. The number of aliphatic carboxylic acids is 1. The molecule has 1 fully saturated rings. The predicted molar refractivity (Wildman–Crippen MR) is 124 cm³/mol. The van der Waals surface area contributed by atoms with Crippen LogP contribution < -0.4 is 5.32 Å². The fourth-order valence-electron chi connectivity index (χ4n) is 5.11. The molecule has 0 heterocycles. The molecule has 0 aliphatic heterocycles. The van der Waals surface area contributed by atoms with E-state index in [-0.39, 0.29) is 31.4 Å². The summed E-state index contributed by atoms with van der Waals surface area (Å²) >= 11 is 0. The van der Waals surface area contributed by atoms with Gasteiger partial charge in [0.05, 0.1) is 6.42 Å². The summed E-state index contributed by atoms with van der Waals surface area (Å²) in [6, 6.07) is 16.3. The second kappa shape index (κ2) is 9.65. The first-order valence-corrected chi connectivity index (χ1v) is 11.5. The highest BCUT2D eigenvalue weighted by Crippen LogP contribution is 2.44. The quantitative estimate of drug-likeness (QED) is 0.660. The lowest BCUT2D eigenvalue weighted by molar-refractivity contribution is -0.141. The van der Waals surface area contributed by atoms with Crippen LogP contribution in [0, 0.1) is 0 Å². The topological polar surface area (TPSA) is 95.9 Å². The fraction of sp³-hybridized carbons (Fsp3) is 0.423. The van der Waals surface area contributed by atoms with Crippen molar-refractivity contribution in [3.63, 3.8) is 0 Å². The van der Waals surface area contributed by atoms with E-state index in [1.165, 1.54) is 4.90 Å². The minimum Gasteiger partial charge on any atom is -0.481 e. The third-order valence-electron chi connectivity index (χ3n) is 6.81. The second-order valence-electron chi connectivity index (χ2n) is 8.96. The maximum absolute atomic E-state index is 13.2. The highest BCUT2D eigenvalue weighted by atomic mass is 16.5. The monoisotopic (exact) mass is 450 g/mol. The van der Waals surface area contributed by atoms with Crippen molar-refractivity contribution < 1.29 is 24.2 Å². The third-order valence-corrected chi connectivity index (χ3v) is 6.81. The highest BCUT2D eigenvalue weighted by Gasteiger charge is 2.43. The Morgan fingerprint density at radius 2 is 1.58 bits per heavy atom. The number of carboxylic acids is 1. The van der Waals surface area contributed by atoms with Crippen molar-refractivity contribution in [3.05, 3.63) is 59.7 Å². The Hall–Kier alpha value is -3.35. The molecule has 0 aromatic heterocycles. The SMILES string of the molecule is CN(CCC(=O)O)C(=O)C1(NC(=O)OCC2c3ccccc3-c3ccccc32)CCCCC1. The number of carbonyl (C=O) groups excluding carboxylic acids is 2. The van der Waals surface area contributed by atoms with Crippen LogP contribution in [0.2, 0.25) is 0 Å². The van der Waals surface area contributed by atoms with E-state index in [1.807, 2.05) is 24.3 Å². The van der Waals surface area contributed by atoms with Gasteiger partial charge in [0.15, 0.2) is 0 Å². The molecule has 0 bridgehead atoms. The summed E-state index contributed by atoms with van der Waals surface area (Å²) in [5, 5.41) is 11.8. The van der Waals surface area contributed by atoms with E-state index in [4.69, 9.17) is 9.84 Å². The Kier molecular flexibility index (Phi) is 6.67. The first-order chi connectivity index (χ1) is 15.9. The molecule has 0 atom stereocenters. The number of nitrogens with one attached hydrogen (secondary N) is 1. The summed E-state index contributed by atoms with van der Waals surface area (Å²) in [6.07, 6.45) is 2.94. The molecule has 2 aliphatic rings. The number of hydrogen-bond donors (Lipinski definition) is 2. The number of benzene rings is 2. The van der Waals surface area contributed by atoms with E-state index in [0.29, 0.717) is 12.8 Å². The van der Waals surface area contributed by atoms with Crippen molar-refractivity contribution in [1.82, 2.24) is 10.2 Å². The van der Waals surface area contributed by atoms with Gasteiger partial charge in [-0.1, -0.05) is 67.8 Å². The van der Waals surface area contributed by atoms with Crippen molar-refractivity contribution in [2.75, 3.05) is 20.2 Å². The zero-order chi connectivity index (χ0) is 23.4. The molecular weight excluding hydrogens is 420 g/mol. The van der Waals surface area contributed by atoms with Gasteiger partial charge in [-0.3, -0.25) is 9.59 Å². The molecule has 2 amide bonds. The molecule has 2 N–H and O–H groups in total. The molecular formula is C26H30N2O5. The highest BCUT2D eigenvalue weighted by molar-refractivity contribution is 5.90. The number of carboxylic acid groups (broad SMARTS) is 1. The molecule has 7 nitrogen and oxygen atoms in total. The molecule has 2 aliphatic carbocycles. The van der Waals surface area contributed by atoms with Gasteiger partial charge in [-0.25, -0.2) is 4.79 Å². The maximum atomic E-state index is 13.2. The normalized spacial score (nSPS) is 16.4. The van der Waals surface area contributed by atoms with Gasteiger partial charge in [0.1, 0.15) is 12.1 Å². The standard InChI is InChI=1S/C26H30N2O5/c1-28(16-13-23(29)30)24(31)26(14-7-2-8-15-26)27-25(32)33-17-22-20-11-5-3-9-18(20)19-10-4-6-12-21(19)22/h3-6,9-12,22H,2,7-8,13-17H2,1H3,(H,27,32)(H,29,30). The van der Waals surface area contributed by atoms with Gasteiger partial charge in [0.25, 0.3) is 0 Å². The fourth-order valence-corrected chi connectivity index (χ4v) is 5.11. The summed E-state index contributed by atoms with van der Waals surface area (Å²) in [6.45, 7) is 0.279. The molecule has 174 valence electrons. The van der Waals surface area contributed by atoms with Crippen molar-refractivity contribution >= 4 is 18.0 Å². The Morgan fingerprint density at radius 3 is 2.15 bits per heavy atom. The van der Waals surface area contributed by atoms with Gasteiger partial charge in [0.2, 0.25) is 5.91 Å². The van der Waals surface area contributed by atoms with Crippen LogP contribution in [0.15, 0.2) is 48.5 Å². The van der Waals surface area contributed by atoms with Crippen LogP contribution in [0.3, 0.4) is 0 Å². The smallest absolute Gasteiger partial charge is 0.408 e. The minimum atomic E-state index is -1.05. The largest absolute Gasteiger partial charge is 0.481 e. The van der Waals surface area contributed by atoms with Gasteiger partial charge in [-0.15, -0.1) is 0 Å². The summed E-state index contributed by atoms with van der Waals surface area (Å²) < 4.78 is 5.68. The van der Waals surface area contributed by atoms with E-state index >= 15 is 0 Å². The third kappa shape index (κ3) is 4.72. The molecule has 0 saturated heterocycles. The number of rotatable bonds is 7. The van der Waals surface area contributed by atoms with E-state index in [2.05, 4.69) is 29.6 Å². The number of carbonyl (C=O) groups is 3. The lowest BCUT2D eigenvalue weighted by Crippen LogP contribution is -2.60. The number of ether oxygens (including phenoxy) is 1. The van der Waals surface area contributed by atoms with Crippen LogP contribution in [0.1, 0.15) is 55.6 Å². The van der Waals surface area contributed by atoms with Crippen LogP contribution in [0.25, 0.3) is 11.1 Å². The Labute approximate surface area is 193 Å². The number of fused-ring (bicyclic) bond motifs is 3. The zero-order valence-corrected chi connectivity index (χ0v) is 18.9. The minimum absolute atomic E-state index is 0.0561. The van der Waals surface area contributed by atoms with Crippen LogP contribution in [0.5, 0.6) is 0 Å². The summed E-state index contributed by atoms with van der Waals surface area (Å²) in [5.41, 5.74) is 3.52. The number of amides is 2. The summed E-state index contributed by atoms with van der Waals surface area (Å²) in [4.78, 5) is 38.4.